The number of ether oxygens (including phenoxy) is 1. The summed E-state index contributed by atoms with van der Waals surface area (Å²) in [7, 11) is 1.48. The largest absolute Gasteiger partial charge is 0.496 e. The molecule has 4 amide bonds. The first-order chi connectivity index (χ1) is 18.3. The molecule has 2 aromatic carbocycles. The van der Waals surface area contributed by atoms with E-state index in [4.69, 9.17) is 4.74 Å². The molecule has 3 heterocycles. The number of pyridine rings is 1. The van der Waals surface area contributed by atoms with Crippen LogP contribution in [0.2, 0.25) is 0 Å². The maximum atomic E-state index is 13.3. The van der Waals surface area contributed by atoms with Crippen LogP contribution in [0, 0.1) is 6.92 Å². The molecule has 1 unspecified atom stereocenters. The average Bonchev–Trinajstić information content (AvgIpc) is 3.23. The number of nitrogens with zero attached hydrogens (tertiary/aromatic N) is 3. The summed E-state index contributed by atoms with van der Waals surface area (Å²) >= 11 is 0. The summed E-state index contributed by atoms with van der Waals surface area (Å²) in [6.07, 6.45) is 0.750. The van der Waals surface area contributed by atoms with Crippen LogP contribution < -0.4 is 15.0 Å². The molecular formula is C28H26N4O6. The van der Waals surface area contributed by atoms with Crippen molar-refractivity contribution in [3.05, 3.63) is 77.0 Å². The van der Waals surface area contributed by atoms with E-state index in [1.807, 2.05) is 37.3 Å². The number of piperidine rings is 1. The summed E-state index contributed by atoms with van der Waals surface area (Å²) in [5, 5.41) is 12.3. The lowest BCUT2D eigenvalue weighted by molar-refractivity contribution is -0.136. The van der Waals surface area contributed by atoms with E-state index in [-0.39, 0.29) is 37.7 Å². The molecule has 1 fully saturated rings. The maximum absolute atomic E-state index is 13.3. The molecule has 194 valence electrons. The molecule has 0 aliphatic carbocycles. The van der Waals surface area contributed by atoms with Crippen LogP contribution >= 0.6 is 0 Å². The Morgan fingerprint density at radius 2 is 1.95 bits per heavy atom. The zero-order valence-electron chi connectivity index (χ0n) is 20.9. The number of carbonyl (C=O) groups excluding carboxylic acids is 3. The van der Waals surface area contributed by atoms with Crippen LogP contribution in [0.1, 0.15) is 39.9 Å². The third kappa shape index (κ3) is 4.56. The fraction of sp³-hybridized carbons (Fsp3) is 0.250. The quantitative estimate of drug-likeness (QED) is 0.482. The van der Waals surface area contributed by atoms with Gasteiger partial charge in [0.15, 0.2) is 0 Å². The topological polar surface area (TPSA) is 129 Å². The Morgan fingerprint density at radius 1 is 1.18 bits per heavy atom. The SMILES string of the molecule is COc1cc(CN(C(=O)O)c2cnc(-c3ccccc3)c(C)c2)cc2c1CN(C1CCC(=O)NC1=O)C2=O. The van der Waals surface area contributed by atoms with Gasteiger partial charge in [-0.3, -0.25) is 29.6 Å². The van der Waals surface area contributed by atoms with E-state index < -0.39 is 18.0 Å². The van der Waals surface area contributed by atoms with E-state index in [0.29, 0.717) is 28.1 Å². The molecule has 2 aliphatic rings. The van der Waals surface area contributed by atoms with Crippen LogP contribution in [0.25, 0.3) is 11.3 Å². The smallest absolute Gasteiger partial charge is 0.412 e. The van der Waals surface area contributed by atoms with Gasteiger partial charge in [-0.15, -0.1) is 0 Å². The van der Waals surface area contributed by atoms with Crippen molar-refractivity contribution in [3.8, 4) is 17.0 Å². The molecule has 1 saturated heterocycles. The second-order valence-electron chi connectivity index (χ2n) is 9.32. The number of benzene rings is 2. The number of methoxy groups -OCH3 is 1. The first-order valence-electron chi connectivity index (χ1n) is 12.1. The van der Waals surface area contributed by atoms with Crippen LogP contribution in [-0.2, 0) is 22.7 Å². The summed E-state index contributed by atoms with van der Waals surface area (Å²) in [6, 6.07) is 14.0. The number of imide groups is 1. The monoisotopic (exact) mass is 514 g/mol. The molecule has 5 rings (SSSR count). The van der Waals surface area contributed by atoms with E-state index in [2.05, 4.69) is 10.3 Å². The summed E-state index contributed by atoms with van der Waals surface area (Å²) < 4.78 is 5.55. The van der Waals surface area contributed by atoms with E-state index in [0.717, 1.165) is 21.7 Å². The average molecular weight is 515 g/mol. The van der Waals surface area contributed by atoms with Gasteiger partial charge in [-0.1, -0.05) is 30.3 Å². The Labute approximate surface area is 218 Å². The van der Waals surface area contributed by atoms with Crippen molar-refractivity contribution < 1.29 is 29.0 Å². The molecule has 3 aromatic rings. The van der Waals surface area contributed by atoms with E-state index >= 15 is 0 Å². The summed E-state index contributed by atoms with van der Waals surface area (Å²) in [5.41, 5.74) is 4.43. The Kier molecular flexibility index (Phi) is 6.54. The predicted octanol–water partition coefficient (Wildman–Crippen LogP) is 3.51. The highest BCUT2D eigenvalue weighted by Gasteiger charge is 2.40. The van der Waals surface area contributed by atoms with Crippen LogP contribution in [0.5, 0.6) is 5.75 Å². The van der Waals surface area contributed by atoms with Gasteiger partial charge < -0.3 is 14.7 Å². The highest BCUT2D eigenvalue weighted by Crippen LogP contribution is 2.35. The number of carbonyl (C=O) groups is 4. The van der Waals surface area contributed by atoms with Crippen LogP contribution in [0.3, 0.4) is 0 Å². The second kappa shape index (κ2) is 9.97. The van der Waals surface area contributed by atoms with Gasteiger partial charge in [0.05, 0.1) is 37.8 Å². The summed E-state index contributed by atoms with van der Waals surface area (Å²) in [4.78, 5) is 56.6. The van der Waals surface area contributed by atoms with E-state index in [1.54, 1.807) is 18.2 Å². The molecule has 2 aliphatic heterocycles. The lowest BCUT2D eigenvalue weighted by atomic mass is 10.0. The van der Waals surface area contributed by atoms with Crippen molar-refractivity contribution in [2.24, 2.45) is 0 Å². The van der Waals surface area contributed by atoms with Gasteiger partial charge in [0.25, 0.3) is 5.91 Å². The molecule has 1 atom stereocenters. The van der Waals surface area contributed by atoms with Crippen molar-refractivity contribution in [2.75, 3.05) is 12.0 Å². The van der Waals surface area contributed by atoms with E-state index in [9.17, 15) is 24.3 Å². The molecule has 1 aromatic heterocycles. The van der Waals surface area contributed by atoms with Gasteiger partial charge in [-0.2, -0.15) is 0 Å². The number of fused-ring (bicyclic) bond motifs is 1. The number of anilines is 1. The van der Waals surface area contributed by atoms with Gasteiger partial charge in [0.2, 0.25) is 11.8 Å². The minimum absolute atomic E-state index is 0.0452. The van der Waals surface area contributed by atoms with Gasteiger partial charge >= 0.3 is 6.09 Å². The number of hydrogen-bond acceptors (Lipinski definition) is 6. The number of hydrogen-bond donors (Lipinski definition) is 2. The van der Waals surface area contributed by atoms with Crippen LogP contribution in [0.4, 0.5) is 10.5 Å². The third-order valence-electron chi connectivity index (χ3n) is 6.89. The van der Waals surface area contributed by atoms with Gasteiger partial charge in [0.1, 0.15) is 11.8 Å². The lowest BCUT2D eigenvalue weighted by Crippen LogP contribution is -2.52. The van der Waals surface area contributed by atoms with Crippen molar-refractivity contribution in [3.63, 3.8) is 0 Å². The number of nitrogens with one attached hydrogen (secondary N) is 1. The van der Waals surface area contributed by atoms with Crippen molar-refractivity contribution in [1.29, 1.82) is 0 Å². The summed E-state index contributed by atoms with van der Waals surface area (Å²) in [5.74, 6) is -0.785. The van der Waals surface area contributed by atoms with Gasteiger partial charge in [0, 0.05) is 23.1 Å². The van der Waals surface area contributed by atoms with Crippen molar-refractivity contribution in [2.45, 2.75) is 38.9 Å². The highest BCUT2D eigenvalue weighted by atomic mass is 16.5. The lowest BCUT2D eigenvalue weighted by Gasteiger charge is -2.29. The molecule has 38 heavy (non-hydrogen) atoms. The molecule has 10 heteroatoms. The predicted molar refractivity (Wildman–Crippen MR) is 138 cm³/mol. The van der Waals surface area contributed by atoms with Crippen molar-refractivity contribution >= 4 is 29.5 Å². The highest BCUT2D eigenvalue weighted by molar-refractivity contribution is 6.05. The Bertz CT molecular complexity index is 1460. The third-order valence-corrected chi connectivity index (χ3v) is 6.89. The number of amides is 4. The standard InChI is InChI=1S/C28H26N4O6/c1-16-10-19(13-29-25(16)18-6-4-3-5-7-18)31(28(36)37)14-17-11-20-21(23(12-17)38-2)15-32(27(20)35)22-8-9-24(33)30-26(22)34/h3-7,10-13,22H,8-9,14-15H2,1-2H3,(H,36,37)(H,30,33,34). The summed E-state index contributed by atoms with van der Waals surface area (Å²) in [6.45, 7) is 1.99. The van der Waals surface area contributed by atoms with E-state index in [1.165, 1.54) is 18.2 Å². The first-order valence-corrected chi connectivity index (χ1v) is 12.1. The molecular weight excluding hydrogens is 488 g/mol. The normalized spacial score (nSPS) is 16.7. The second-order valence-corrected chi connectivity index (χ2v) is 9.32. The number of aryl methyl sites for hydroxylation is 1. The first kappa shape index (κ1) is 24.9. The minimum atomic E-state index is -1.17. The molecule has 0 saturated carbocycles. The number of rotatable bonds is 6. The molecule has 0 bridgehead atoms. The zero-order chi connectivity index (χ0) is 27.0. The Balaban J connectivity index is 1.43. The molecule has 10 nitrogen and oxygen atoms in total. The molecule has 0 radical (unpaired) electrons. The van der Waals surface area contributed by atoms with Crippen molar-refractivity contribution in [1.82, 2.24) is 15.2 Å². The molecule has 0 spiro atoms. The number of carboxylic acid groups (broad SMARTS) is 1. The minimum Gasteiger partial charge on any atom is -0.496 e. The van der Waals surface area contributed by atoms with Gasteiger partial charge in [-0.25, -0.2) is 4.79 Å². The fourth-order valence-electron chi connectivity index (χ4n) is 5.02. The maximum Gasteiger partial charge on any atom is 0.412 e. The van der Waals surface area contributed by atoms with Gasteiger partial charge in [-0.05, 0) is 42.7 Å². The zero-order valence-corrected chi connectivity index (χ0v) is 20.9. The Hall–Kier alpha value is -4.73. The van der Waals surface area contributed by atoms with Crippen LogP contribution in [0.15, 0.2) is 54.7 Å². The Morgan fingerprint density at radius 3 is 2.61 bits per heavy atom. The fourth-order valence-corrected chi connectivity index (χ4v) is 5.02. The number of aromatic nitrogens is 1. The van der Waals surface area contributed by atoms with Crippen LogP contribution in [-0.4, -0.2) is 52.0 Å². The molecule has 2 N–H and O–H groups in total.